The smallest absolute Gasteiger partial charge is 0.322 e. The van der Waals surface area contributed by atoms with Gasteiger partial charge >= 0.3 is 5.97 Å². The van der Waals surface area contributed by atoms with Gasteiger partial charge in [-0.3, -0.25) is 9.59 Å². The lowest BCUT2D eigenvalue weighted by Gasteiger charge is -2.11. The van der Waals surface area contributed by atoms with Crippen molar-refractivity contribution in [1.82, 2.24) is 5.32 Å². The summed E-state index contributed by atoms with van der Waals surface area (Å²) in [5.74, 6) is -0.604. The first-order valence-electron chi connectivity index (χ1n) is 4.26. The van der Waals surface area contributed by atoms with E-state index in [9.17, 15) is 9.59 Å². The Hall–Kier alpha value is -0.810. The topological polar surface area (TPSA) is 81.4 Å². The molecule has 82 valence electrons. The van der Waals surface area contributed by atoms with Gasteiger partial charge in [-0.15, -0.1) is 12.4 Å². The normalized spacial score (nSPS) is 22.1. The molecule has 1 rings (SSSR count). The van der Waals surface area contributed by atoms with E-state index < -0.39 is 12.0 Å². The Morgan fingerprint density at radius 3 is 2.86 bits per heavy atom. The Bertz CT molecular complexity index is 223. The van der Waals surface area contributed by atoms with Crippen LogP contribution >= 0.6 is 12.4 Å². The van der Waals surface area contributed by atoms with Crippen LogP contribution in [0.3, 0.4) is 0 Å². The lowest BCUT2D eigenvalue weighted by atomic mass is 9.99. The van der Waals surface area contributed by atoms with Crippen LogP contribution in [-0.4, -0.2) is 31.6 Å². The molecule has 14 heavy (non-hydrogen) atoms. The maximum absolute atomic E-state index is 11.1. The molecule has 0 bridgehead atoms. The summed E-state index contributed by atoms with van der Waals surface area (Å²) in [6, 6.07) is -0.682. The molecule has 2 atom stereocenters. The number of amides is 1. The van der Waals surface area contributed by atoms with Crippen LogP contribution in [0.15, 0.2) is 0 Å². The van der Waals surface area contributed by atoms with Crippen molar-refractivity contribution in [3.63, 3.8) is 0 Å². The van der Waals surface area contributed by atoms with E-state index in [2.05, 4.69) is 10.1 Å². The third kappa shape index (κ3) is 3.16. The van der Waals surface area contributed by atoms with E-state index in [1.807, 2.05) is 0 Å². The van der Waals surface area contributed by atoms with E-state index >= 15 is 0 Å². The van der Waals surface area contributed by atoms with Crippen LogP contribution in [-0.2, 0) is 14.3 Å². The first kappa shape index (κ1) is 13.2. The van der Waals surface area contributed by atoms with Crippen molar-refractivity contribution < 1.29 is 14.3 Å². The number of halogens is 1. The summed E-state index contributed by atoms with van der Waals surface area (Å²) in [5, 5.41) is 2.69. The number of hydrogen-bond acceptors (Lipinski definition) is 4. The molecule has 0 aromatic heterocycles. The van der Waals surface area contributed by atoms with Crippen molar-refractivity contribution in [2.45, 2.75) is 18.9 Å². The van der Waals surface area contributed by atoms with Crippen LogP contribution in [0.25, 0.3) is 0 Å². The predicted octanol–water partition coefficient (Wildman–Crippen LogP) is -0.565. The minimum absolute atomic E-state index is 0. The van der Waals surface area contributed by atoms with Gasteiger partial charge in [-0.25, -0.2) is 0 Å². The SMILES string of the molecule is COC(=O)[C@@H](N)CC1CCNC1=O.Cl. The maximum atomic E-state index is 11.1. The zero-order valence-electron chi connectivity index (χ0n) is 7.99. The summed E-state index contributed by atoms with van der Waals surface area (Å²) in [4.78, 5) is 22.0. The van der Waals surface area contributed by atoms with E-state index in [0.717, 1.165) is 6.42 Å². The third-order valence-corrected chi connectivity index (χ3v) is 2.21. The summed E-state index contributed by atoms with van der Waals surface area (Å²) in [7, 11) is 1.29. The average Bonchev–Trinajstić information content (AvgIpc) is 2.50. The zero-order chi connectivity index (χ0) is 9.84. The molecule has 0 aromatic carbocycles. The molecule has 0 radical (unpaired) electrons. The molecule has 0 spiro atoms. The first-order valence-corrected chi connectivity index (χ1v) is 4.26. The lowest BCUT2D eigenvalue weighted by Crippen LogP contribution is -2.35. The van der Waals surface area contributed by atoms with Crippen LogP contribution in [0.5, 0.6) is 0 Å². The fourth-order valence-corrected chi connectivity index (χ4v) is 1.42. The van der Waals surface area contributed by atoms with Gasteiger partial charge in [0, 0.05) is 12.5 Å². The van der Waals surface area contributed by atoms with Gasteiger partial charge in [0.15, 0.2) is 0 Å². The van der Waals surface area contributed by atoms with Crippen molar-refractivity contribution in [2.24, 2.45) is 11.7 Å². The highest BCUT2D eigenvalue weighted by Gasteiger charge is 2.28. The van der Waals surface area contributed by atoms with Crippen molar-refractivity contribution in [3.05, 3.63) is 0 Å². The molecule has 1 fully saturated rings. The van der Waals surface area contributed by atoms with Crippen LogP contribution < -0.4 is 11.1 Å². The first-order chi connectivity index (χ1) is 6.15. The molecule has 1 amide bonds. The van der Waals surface area contributed by atoms with Crippen molar-refractivity contribution >= 4 is 24.3 Å². The van der Waals surface area contributed by atoms with Crippen molar-refractivity contribution in [3.8, 4) is 0 Å². The van der Waals surface area contributed by atoms with Crippen LogP contribution in [0.4, 0.5) is 0 Å². The molecule has 5 nitrogen and oxygen atoms in total. The standard InChI is InChI=1S/C8H14N2O3.ClH/c1-13-8(12)6(9)4-5-2-3-10-7(5)11;/h5-6H,2-4,9H2,1H3,(H,10,11);1H/t5?,6-;/m0./s1. The number of carbonyl (C=O) groups is 2. The lowest BCUT2D eigenvalue weighted by molar-refractivity contribution is -0.142. The minimum Gasteiger partial charge on any atom is -0.468 e. The number of rotatable bonds is 3. The second-order valence-corrected chi connectivity index (χ2v) is 3.14. The predicted molar refractivity (Wildman–Crippen MR) is 53.0 cm³/mol. The molecule has 1 saturated heterocycles. The number of carbonyl (C=O) groups excluding carboxylic acids is 2. The van der Waals surface area contributed by atoms with Crippen LogP contribution in [0.2, 0.25) is 0 Å². The number of methoxy groups -OCH3 is 1. The molecular weight excluding hydrogens is 208 g/mol. The van der Waals surface area contributed by atoms with E-state index in [1.54, 1.807) is 0 Å². The number of esters is 1. The fraction of sp³-hybridized carbons (Fsp3) is 0.750. The monoisotopic (exact) mass is 222 g/mol. The van der Waals surface area contributed by atoms with E-state index in [-0.39, 0.29) is 24.2 Å². The van der Waals surface area contributed by atoms with E-state index in [1.165, 1.54) is 7.11 Å². The minimum atomic E-state index is -0.682. The van der Waals surface area contributed by atoms with Gasteiger partial charge in [0.2, 0.25) is 5.91 Å². The highest BCUT2D eigenvalue weighted by molar-refractivity contribution is 5.85. The van der Waals surface area contributed by atoms with Gasteiger partial charge in [0.05, 0.1) is 7.11 Å². The summed E-state index contributed by atoms with van der Waals surface area (Å²) >= 11 is 0. The second-order valence-electron chi connectivity index (χ2n) is 3.14. The average molecular weight is 223 g/mol. The second kappa shape index (κ2) is 5.82. The number of hydrogen-bond donors (Lipinski definition) is 2. The van der Waals surface area contributed by atoms with Gasteiger partial charge in [0.25, 0.3) is 0 Å². The molecule has 1 aliphatic heterocycles. The van der Waals surface area contributed by atoms with Gasteiger partial charge in [0.1, 0.15) is 6.04 Å². The summed E-state index contributed by atoms with van der Waals surface area (Å²) in [6.45, 7) is 0.678. The number of nitrogens with one attached hydrogen (secondary N) is 1. The summed E-state index contributed by atoms with van der Waals surface area (Å²) in [6.07, 6.45) is 1.13. The quantitative estimate of drug-likeness (QED) is 0.627. The Morgan fingerprint density at radius 2 is 2.43 bits per heavy atom. The molecule has 0 aliphatic carbocycles. The molecule has 0 aromatic rings. The Morgan fingerprint density at radius 1 is 1.79 bits per heavy atom. The molecule has 1 unspecified atom stereocenters. The fourth-order valence-electron chi connectivity index (χ4n) is 1.42. The van der Waals surface area contributed by atoms with Crippen LogP contribution in [0.1, 0.15) is 12.8 Å². The van der Waals surface area contributed by atoms with Gasteiger partial charge in [-0.05, 0) is 12.8 Å². The Balaban J connectivity index is 0.00000169. The molecule has 1 heterocycles. The molecule has 1 aliphatic rings. The van der Waals surface area contributed by atoms with Crippen molar-refractivity contribution in [1.29, 1.82) is 0 Å². The summed E-state index contributed by atoms with van der Waals surface area (Å²) < 4.78 is 4.46. The van der Waals surface area contributed by atoms with Crippen molar-refractivity contribution in [2.75, 3.05) is 13.7 Å². The third-order valence-electron chi connectivity index (χ3n) is 2.21. The van der Waals surface area contributed by atoms with Crippen LogP contribution in [0, 0.1) is 5.92 Å². The van der Waals surface area contributed by atoms with Gasteiger partial charge in [-0.2, -0.15) is 0 Å². The van der Waals surface area contributed by atoms with E-state index in [4.69, 9.17) is 5.73 Å². The maximum Gasteiger partial charge on any atom is 0.322 e. The number of ether oxygens (including phenoxy) is 1. The summed E-state index contributed by atoms with van der Waals surface area (Å²) in [5.41, 5.74) is 5.52. The molecule has 3 N–H and O–H groups in total. The zero-order valence-corrected chi connectivity index (χ0v) is 8.80. The highest BCUT2D eigenvalue weighted by atomic mass is 35.5. The molecule has 6 heteroatoms. The largest absolute Gasteiger partial charge is 0.468 e. The molecule has 0 saturated carbocycles. The Kier molecular flexibility index (Phi) is 5.49. The highest BCUT2D eigenvalue weighted by Crippen LogP contribution is 2.15. The molecular formula is C8H15ClN2O3. The van der Waals surface area contributed by atoms with E-state index in [0.29, 0.717) is 13.0 Å². The van der Waals surface area contributed by atoms with Gasteiger partial charge < -0.3 is 15.8 Å². The number of nitrogens with two attached hydrogens (primary N) is 1. The van der Waals surface area contributed by atoms with Gasteiger partial charge in [-0.1, -0.05) is 0 Å². The Labute approximate surface area is 88.8 Å².